The second-order valence-corrected chi connectivity index (χ2v) is 3.62. The fourth-order valence-electron chi connectivity index (χ4n) is 1.20. The van der Waals surface area contributed by atoms with Gasteiger partial charge in [0.05, 0.1) is 10.7 Å². The van der Waals surface area contributed by atoms with Gasteiger partial charge >= 0.3 is 6.01 Å². The molecule has 2 rings (SSSR count). The fraction of sp³-hybridized carbons (Fsp3) is 0.0909. The van der Waals surface area contributed by atoms with Crippen LogP contribution in [0.25, 0.3) is 0 Å². The first-order valence-corrected chi connectivity index (χ1v) is 5.22. The Bertz CT molecular complexity index is 536. The van der Waals surface area contributed by atoms with Gasteiger partial charge < -0.3 is 10.5 Å². The summed E-state index contributed by atoms with van der Waals surface area (Å²) < 4.78 is 18.1. The van der Waals surface area contributed by atoms with Gasteiger partial charge in [-0.2, -0.15) is 4.98 Å². The molecular formula is C11H9ClFN3O. The first kappa shape index (κ1) is 11.8. The number of nitrogens with zero attached hydrogens (tertiary/aromatic N) is 2. The lowest BCUT2D eigenvalue weighted by atomic mass is 10.3. The Labute approximate surface area is 102 Å². The molecule has 1 aromatic heterocycles. The van der Waals surface area contributed by atoms with E-state index in [9.17, 15) is 4.39 Å². The summed E-state index contributed by atoms with van der Waals surface area (Å²) >= 11 is 5.81. The summed E-state index contributed by atoms with van der Waals surface area (Å²) in [7, 11) is 0. The number of hydrogen-bond donors (Lipinski definition) is 1. The van der Waals surface area contributed by atoms with Crippen LogP contribution in [-0.4, -0.2) is 9.97 Å². The van der Waals surface area contributed by atoms with Gasteiger partial charge in [-0.25, -0.2) is 9.37 Å². The Kier molecular flexibility index (Phi) is 3.51. The third-order valence-corrected chi connectivity index (χ3v) is 2.29. The van der Waals surface area contributed by atoms with Crippen LogP contribution in [-0.2, 0) is 6.54 Å². The summed E-state index contributed by atoms with van der Waals surface area (Å²) in [5.41, 5.74) is 6.09. The van der Waals surface area contributed by atoms with E-state index < -0.39 is 5.82 Å². The minimum absolute atomic E-state index is 0.126. The normalized spacial score (nSPS) is 10.3. The first-order valence-electron chi connectivity index (χ1n) is 4.84. The number of hydrogen-bond acceptors (Lipinski definition) is 4. The van der Waals surface area contributed by atoms with Crippen LogP contribution in [0.5, 0.6) is 11.8 Å². The molecule has 1 heterocycles. The van der Waals surface area contributed by atoms with E-state index in [2.05, 4.69) is 9.97 Å². The molecule has 88 valence electrons. The Morgan fingerprint density at radius 1 is 1.35 bits per heavy atom. The SMILES string of the molecule is NCc1ccnc(Oc2ccc(F)cc2Cl)n1. The van der Waals surface area contributed by atoms with Crippen molar-refractivity contribution in [1.82, 2.24) is 9.97 Å². The molecule has 0 spiro atoms. The standard InChI is InChI=1S/C11H9ClFN3O/c12-9-5-7(13)1-2-10(9)17-11-15-4-3-8(6-14)16-11/h1-5H,6,14H2. The van der Waals surface area contributed by atoms with Crippen molar-refractivity contribution in [2.75, 3.05) is 0 Å². The van der Waals surface area contributed by atoms with Crippen molar-refractivity contribution >= 4 is 11.6 Å². The van der Waals surface area contributed by atoms with Gasteiger partial charge in [0, 0.05) is 12.7 Å². The van der Waals surface area contributed by atoms with Crippen molar-refractivity contribution in [3.05, 3.63) is 47.0 Å². The number of halogens is 2. The Morgan fingerprint density at radius 3 is 2.88 bits per heavy atom. The smallest absolute Gasteiger partial charge is 0.322 e. The van der Waals surface area contributed by atoms with Crippen molar-refractivity contribution in [2.45, 2.75) is 6.54 Å². The molecule has 0 bridgehead atoms. The highest BCUT2D eigenvalue weighted by atomic mass is 35.5. The number of aromatic nitrogens is 2. The van der Waals surface area contributed by atoms with Crippen LogP contribution in [0.4, 0.5) is 4.39 Å². The molecule has 1 aromatic carbocycles. The van der Waals surface area contributed by atoms with E-state index >= 15 is 0 Å². The van der Waals surface area contributed by atoms with Crippen LogP contribution in [0.15, 0.2) is 30.5 Å². The van der Waals surface area contributed by atoms with E-state index in [0.29, 0.717) is 11.4 Å². The maximum absolute atomic E-state index is 12.8. The molecule has 0 amide bonds. The average molecular weight is 254 g/mol. The molecule has 6 heteroatoms. The van der Waals surface area contributed by atoms with Crippen LogP contribution in [0.1, 0.15) is 5.69 Å². The topological polar surface area (TPSA) is 61.0 Å². The number of benzene rings is 1. The van der Waals surface area contributed by atoms with Crippen molar-refractivity contribution in [2.24, 2.45) is 5.73 Å². The Balaban J connectivity index is 2.25. The summed E-state index contributed by atoms with van der Waals surface area (Å²) in [4.78, 5) is 7.94. The van der Waals surface area contributed by atoms with E-state index in [4.69, 9.17) is 22.1 Å². The third kappa shape index (κ3) is 2.89. The summed E-state index contributed by atoms with van der Waals surface area (Å²) in [5.74, 6) is -0.138. The van der Waals surface area contributed by atoms with Crippen LogP contribution >= 0.6 is 11.6 Å². The maximum atomic E-state index is 12.8. The second-order valence-electron chi connectivity index (χ2n) is 3.21. The van der Waals surface area contributed by atoms with E-state index in [1.165, 1.54) is 18.3 Å². The van der Waals surface area contributed by atoms with Crippen molar-refractivity contribution in [3.63, 3.8) is 0 Å². The molecule has 17 heavy (non-hydrogen) atoms. The molecule has 0 unspecified atom stereocenters. The minimum atomic E-state index is -0.432. The highest BCUT2D eigenvalue weighted by Crippen LogP contribution is 2.27. The molecule has 0 fully saturated rings. The highest BCUT2D eigenvalue weighted by molar-refractivity contribution is 6.32. The van der Waals surface area contributed by atoms with Gasteiger partial charge in [-0.05, 0) is 24.3 Å². The van der Waals surface area contributed by atoms with Crippen LogP contribution < -0.4 is 10.5 Å². The zero-order valence-corrected chi connectivity index (χ0v) is 9.49. The summed E-state index contributed by atoms with van der Waals surface area (Å²) in [5, 5.41) is 0.159. The zero-order valence-electron chi connectivity index (χ0n) is 8.73. The molecule has 2 aromatic rings. The molecule has 0 radical (unpaired) electrons. The molecule has 4 nitrogen and oxygen atoms in total. The van der Waals surface area contributed by atoms with Gasteiger partial charge in [0.25, 0.3) is 0 Å². The van der Waals surface area contributed by atoms with E-state index in [-0.39, 0.29) is 17.6 Å². The molecule has 0 saturated heterocycles. The fourth-order valence-corrected chi connectivity index (χ4v) is 1.40. The predicted molar refractivity (Wildman–Crippen MR) is 61.4 cm³/mol. The zero-order chi connectivity index (χ0) is 12.3. The van der Waals surface area contributed by atoms with Gasteiger partial charge in [-0.15, -0.1) is 0 Å². The van der Waals surface area contributed by atoms with Crippen LogP contribution in [0, 0.1) is 5.82 Å². The monoisotopic (exact) mass is 253 g/mol. The predicted octanol–water partition coefficient (Wildman–Crippen LogP) is 2.52. The molecule has 2 N–H and O–H groups in total. The van der Waals surface area contributed by atoms with E-state index in [0.717, 1.165) is 6.07 Å². The number of nitrogens with two attached hydrogens (primary N) is 1. The highest BCUT2D eigenvalue weighted by Gasteiger charge is 2.06. The number of ether oxygens (including phenoxy) is 1. The largest absolute Gasteiger partial charge is 0.423 e. The summed E-state index contributed by atoms with van der Waals surface area (Å²) in [6.45, 7) is 0.288. The average Bonchev–Trinajstić information content (AvgIpc) is 2.33. The molecule has 0 aliphatic carbocycles. The third-order valence-electron chi connectivity index (χ3n) is 2.00. The summed E-state index contributed by atoms with van der Waals surface area (Å²) in [6, 6.07) is 5.62. The van der Waals surface area contributed by atoms with Gasteiger partial charge in [-0.1, -0.05) is 11.6 Å². The van der Waals surface area contributed by atoms with Gasteiger partial charge in [-0.3, -0.25) is 0 Å². The van der Waals surface area contributed by atoms with E-state index in [1.807, 2.05) is 0 Å². The van der Waals surface area contributed by atoms with Crippen molar-refractivity contribution < 1.29 is 9.13 Å². The molecule has 0 aliphatic rings. The number of rotatable bonds is 3. The van der Waals surface area contributed by atoms with Gasteiger partial charge in [0.2, 0.25) is 0 Å². The molecule has 0 aliphatic heterocycles. The lowest BCUT2D eigenvalue weighted by Crippen LogP contribution is -2.01. The minimum Gasteiger partial charge on any atom is -0.423 e. The van der Waals surface area contributed by atoms with Crippen LogP contribution in [0.3, 0.4) is 0 Å². The first-order chi connectivity index (χ1) is 8.19. The molecule has 0 atom stereocenters. The van der Waals surface area contributed by atoms with Crippen molar-refractivity contribution in [1.29, 1.82) is 0 Å². The molecular weight excluding hydrogens is 245 g/mol. The van der Waals surface area contributed by atoms with E-state index in [1.54, 1.807) is 6.07 Å². The lowest BCUT2D eigenvalue weighted by molar-refractivity contribution is 0.438. The van der Waals surface area contributed by atoms with Gasteiger partial charge in [0.15, 0.2) is 0 Å². The maximum Gasteiger partial charge on any atom is 0.322 e. The van der Waals surface area contributed by atoms with Gasteiger partial charge in [0.1, 0.15) is 11.6 Å². The molecule has 0 saturated carbocycles. The van der Waals surface area contributed by atoms with Crippen LogP contribution in [0.2, 0.25) is 5.02 Å². The Hall–Kier alpha value is -1.72. The quantitative estimate of drug-likeness (QED) is 0.913. The summed E-state index contributed by atoms with van der Waals surface area (Å²) in [6.07, 6.45) is 1.53. The second kappa shape index (κ2) is 5.07. The Morgan fingerprint density at radius 2 is 2.18 bits per heavy atom. The van der Waals surface area contributed by atoms with Crippen molar-refractivity contribution in [3.8, 4) is 11.8 Å². The lowest BCUT2D eigenvalue weighted by Gasteiger charge is -2.06.